The lowest BCUT2D eigenvalue weighted by molar-refractivity contribution is -0.116. The Morgan fingerprint density at radius 1 is 1.44 bits per heavy atom. The van der Waals surface area contributed by atoms with E-state index in [1.54, 1.807) is 18.2 Å². The van der Waals surface area contributed by atoms with E-state index in [9.17, 15) is 4.79 Å². The van der Waals surface area contributed by atoms with E-state index in [4.69, 9.17) is 5.26 Å². The first-order chi connectivity index (χ1) is 8.31. The van der Waals surface area contributed by atoms with Crippen LogP contribution in [0, 0.1) is 16.7 Å². The predicted octanol–water partition coefficient (Wildman–Crippen LogP) is 4.09. The number of nitriles is 1. The molecule has 0 unspecified atom stereocenters. The Morgan fingerprint density at radius 2 is 2.11 bits per heavy atom. The van der Waals surface area contributed by atoms with E-state index >= 15 is 0 Å². The molecule has 0 aliphatic heterocycles. The maximum atomic E-state index is 11.8. The number of benzene rings is 1. The molecule has 96 valence electrons. The molecule has 18 heavy (non-hydrogen) atoms. The number of amides is 1. The fraction of sp³-hybridized carbons (Fsp3) is 0.429. The lowest BCUT2D eigenvalue weighted by Gasteiger charge is -2.17. The van der Waals surface area contributed by atoms with E-state index < -0.39 is 0 Å². The Balaban J connectivity index is 2.70. The van der Waals surface area contributed by atoms with Crippen LogP contribution in [0.2, 0.25) is 0 Å². The second-order valence-corrected chi connectivity index (χ2v) is 6.33. The molecule has 0 aliphatic carbocycles. The SMILES string of the molecule is CC(C)(C)CCC(=O)Nc1cc(Br)ccc1C#N. The molecular weight excluding hydrogens is 292 g/mol. The van der Waals surface area contributed by atoms with Crippen molar-refractivity contribution in [1.29, 1.82) is 5.26 Å². The van der Waals surface area contributed by atoms with Gasteiger partial charge in [-0.05, 0) is 30.0 Å². The van der Waals surface area contributed by atoms with E-state index in [2.05, 4.69) is 48.1 Å². The summed E-state index contributed by atoms with van der Waals surface area (Å²) in [5.74, 6) is -0.0560. The van der Waals surface area contributed by atoms with E-state index in [0.717, 1.165) is 10.9 Å². The number of carbonyl (C=O) groups is 1. The second kappa shape index (κ2) is 6.01. The van der Waals surface area contributed by atoms with Gasteiger partial charge in [0.15, 0.2) is 0 Å². The molecule has 0 spiro atoms. The second-order valence-electron chi connectivity index (χ2n) is 5.41. The van der Waals surface area contributed by atoms with Crippen LogP contribution in [0.25, 0.3) is 0 Å². The summed E-state index contributed by atoms with van der Waals surface area (Å²) >= 11 is 3.33. The summed E-state index contributed by atoms with van der Waals surface area (Å²) in [6, 6.07) is 7.27. The van der Waals surface area contributed by atoms with Gasteiger partial charge in [0.2, 0.25) is 5.91 Å². The first kappa shape index (κ1) is 14.7. The number of nitrogens with zero attached hydrogens (tertiary/aromatic N) is 1. The number of halogens is 1. The van der Waals surface area contributed by atoms with Crippen molar-refractivity contribution in [2.45, 2.75) is 33.6 Å². The van der Waals surface area contributed by atoms with Crippen LogP contribution in [-0.2, 0) is 4.79 Å². The normalized spacial score (nSPS) is 10.8. The number of hydrogen-bond acceptors (Lipinski definition) is 2. The minimum atomic E-state index is -0.0560. The van der Waals surface area contributed by atoms with Crippen molar-refractivity contribution < 1.29 is 4.79 Å². The lowest BCUT2D eigenvalue weighted by atomic mass is 9.90. The number of anilines is 1. The summed E-state index contributed by atoms with van der Waals surface area (Å²) in [6.45, 7) is 6.29. The maximum absolute atomic E-state index is 11.8. The molecule has 0 aliphatic rings. The number of carbonyl (C=O) groups excluding carboxylic acids is 1. The van der Waals surface area contributed by atoms with Crippen molar-refractivity contribution >= 4 is 27.5 Å². The van der Waals surface area contributed by atoms with Gasteiger partial charge in [-0.2, -0.15) is 5.26 Å². The lowest BCUT2D eigenvalue weighted by Crippen LogP contribution is -2.16. The van der Waals surface area contributed by atoms with Gasteiger partial charge in [0.05, 0.1) is 11.3 Å². The molecule has 1 N–H and O–H groups in total. The highest BCUT2D eigenvalue weighted by Crippen LogP contribution is 2.23. The molecule has 3 nitrogen and oxygen atoms in total. The van der Waals surface area contributed by atoms with Crippen molar-refractivity contribution in [3.8, 4) is 6.07 Å². The van der Waals surface area contributed by atoms with Crippen molar-refractivity contribution in [3.05, 3.63) is 28.2 Å². The zero-order valence-corrected chi connectivity index (χ0v) is 12.5. The fourth-order valence-corrected chi connectivity index (χ4v) is 1.78. The number of hydrogen-bond donors (Lipinski definition) is 1. The fourth-order valence-electron chi connectivity index (χ4n) is 1.42. The standard InChI is InChI=1S/C14H17BrN2O/c1-14(2,3)7-6-13(18)17-12-8-11(15)5-4-10(12)9-16/h4-5,8H,6-7H2,1-3H3,(H,17,18). The molecule has 1 amide bonds. The molecule has 1 rings (SSSR count). The van der Waals surface area contributed by atoms with Crippen molar-refractivity contribution in [2.75, 3.05) is 5.32 Å². The van der Waals surface area contributed by atoms with Crippen molar-refractivity contribution in [2.24, 2.45) is 5.41 Å². The van der Waals surface area contributed by atoms with Crippen LogP contribution >= 0.6 is 15.9 Å². The summed E-state index contributed by atoms with van der Waals surface area (Å²) in [4.78, 5) is 11.8. The molecule has 0 atom stereocenters. The summed E-state index contributed by atoms with van der Waals surface area (Å²) in [7, 11) is 0. The first-order valence-electron chi connectivity index (χ1n) is 5.81. The molecule has 0 fully saturated rings. The third kappa shape index (κ3) is 4.89. The van der Waals surface area contributed by atoms with E-state index in [-0.39, 0.29) is 11.3 Å². The molecule has 0 saturated heterocycles. The van der Waals surface area contributed by atoms with Gasteiger partial charge in [-0.15, -0.1) is 0 Å². The highest BCUT2D eigenvalue weighted by atomic mass is 79.9. The predicted molar refractivity (Wildman–Crippen MR) is 76.2 cm³/mol. The van der Waals surface area contributed by atoms with Gasteiger partial charge in [0.1, 0.15) is 6.07 Å². The highest BCUT2D eigenvalue weighted by molar-refractivity contribution is 9.10. The molecular formula is C14H17BrN2O. The summed E-state index contributed by atoms with van der Waals surface area (Å²) < 4.78 is 0.840. The Bertz CT molecular complexity index is 484. The summed E-state index contributed by atoms with van der Waals surface area (Å²) in [5, 5.41) is 11.7. The van der Waals surface area contributed by atoms with Gasteiger partial charge in [0.25, 0.3) is 0 Å². The smallest absolute Gasteiger partial charge is 0.224 e. The molecule has 1 aromatic rings. The van der Waals surface area contributed by atoms with Gasteiger partial charge >= 0.3 is 0 Å². The van der Waals surface area contributed by atoms with Crippen LogP contribution in [0.15, 0.2) is 22.7 Å². The quantitative estimate of drug-likeness (QED) is 0.914. The summed E-state index contributed by atoms with van der Waals surface area (Å²) in [5.41, 5.74) is 1.17. The minimum absolute atomic E-state index is 0.0560. The highest BCUT2D eigenvalue weighted by Gasteiger charge is 2.14. The van der Waals surface area contributed by atoms with Crippen LogP contribution in [0.5, 0.6) is 0 Å². The van der Waals surface area contributed by atoms with Crippen LogP contribution in [0.1, 0.15) is 39.2 Å². The van der Waals surface area contributed by atoms with Gasteiger partial charge in [-0.25, -0.2) is 0 Å². The largest absolute Gasteiger partial charge is 0.325 e. The zero-order valence-electron chi connectivity index (χ0n) is 10.9. The van der Waals surface area contributed by atoms with E-state index in [0.29, 0.717) is 17.7 Å². The monoisotopic (exact) mass is 308 g/mol. The molecule has 0 aromatic heterocycles. The average molecular weight is 309 g/mol. The van der Waals surface area contributed by atoms with E-state index in [1.165, 1.54) is 0 Å². The first-order valence-corrected chi connectivity index (χ1v) is 6.60. The molecule has 4 heteroatoms. The van der Waals surface area contributed by atoms with Crippen LogP contribution < -0.4 is 5.32 Å². The number of nitrogens with one attached hydrogen (secondary N) is 1. The third-order valence-electron chi connectivity index (χ3n) is 2.48. The third-order valence-corrected chi connectivity index (χ3v) is 2.97. The molecule has 0 heterocycles. The minimum Gasteiger partial charge on any atom is -0.325 e. The van der Waals surface area contributed by atoms with Crippen molar-refractivity contribution in [1.82, 2.24) is 0 Å². The van der Waals surface area contributed by atoms with Crippen molar-refractivity contribution in [3.63, 3.8) is 0 Å². The molecule has 0 bridgehead atoms. The Kier molecular flexibility index (Phi) is 4.92. The zero-order chi connectivity index (χ0) is 13.8. The topological polar surface area (TPSA) is 52.9 Å². The average Bonchev–Trinajstić information content (AvgIpc) is 2.26. The Labute approximate surface area is 116 Å². The van der Waals surface area contributed by atoms with Gasteiger partial charge in [-0.1, -0.05) is 36.7 Å². The van der Waals surface area contributed by atoms with Crippen LogP contribution in [-0.4, -0.2) is 5.91 Å². The van der Waals surface area contributed by atoms with Gasteiger partial charge in [-0.3, -0.25) is 4.79 Å². The number of rotatable bonds is 3. The molecule has 1 aromatic carbocycles. The van der Waals surface area contributed by atoms with Crippen LogP contribution in [0.3, 0.4) is 0 Å². The summed E-state index contributed by atoms with van der Waals surface area (Å²) in [6.07, 6.45) is 1.27. The maximum Gasteiger partial charge on any atom is 0.224 e. The van der Waals surface area contributed by atoms with Gasteiger partial charge in [0, 0.05) is 10.9 Å². The molecule has 0 saturated carbocycles. The Morgan fingerprint density at radius 3 is 2.67 bits per heavy atom. The Hall–Kier alpha value is -1.34. The van der Waals surface area contributed by atoms with Crippen LogP contribution in [0.4, 0.5) is 5.69 Å². The van der Waals surface area contributed by atoms with E-state index in [1.807, 2.05) is 0 Å². The molecule has 0 radical (unpaired) electrons. The van der Waals surface area contributed by atoms with Gasteiger partial charge < -0.3 is 5.32 Å².